The largest absolute Gasteiger partial charge is 0.352 e. The summed E-state index contributed by atoms with van der Waals surface area (Å²) in [6.07, 6.45) is 1.52. The zero-order chi connectivity index (χ0) is 15.2. The van der Waals surface area contributed by atoms with E-state index in [1.807, 2.05) is 0 Å². The first-order valence-corrected chi connectivity index (χ1v) is 7.54. The Morgan fingerprint density at radius 2 is 1.76 bits per heavy atom. The van der Waals surface area contributed by atoms with E-state index in [2.05, 4.69) is 5.32 Å². The molecular weight excluding hydrogens is 326 g/mol. The van der Waals surface area contributed by atoms with E-state index in [4.69, 9.17) is 5.73 Å². The van der Waals surface area contributed by atoms with Gasteiger partial charge in [-0.3, -0.25) is 4.79 Å². The Hall–Kier alpha value is -1.25. The van der Waals surface area contributed by atoms with Crippen LogP contribution in [0.15, 0.2) is 29.2 Å². The van der Waals surface area contributed by atoms with Gasteiger partial charge in [-0.2, -0.15) is 8.78 Å². The zero-order valence-electron chi connectivity index (χ0n) is 11.1. The molecule has 0 aliphatic heterocycles. The van der Waals surface area contributed by atoms with E-state index in [1.54, 1.807) is 0 Å². The van der Waals surface area contributed by atoms with Crippen LogP contribution < -0.4 is 11.1 Å². The van der Waals surface area contributed by atoms with Crippen LogP contribution in [0.1, 0.15) is 23.2 Å². The molecule has 0 unspecified atom stereocenters. The van der Waals surface area contributed by atoms with Gasteiger partial charge in [-0.1, -0.05) is 0 Å². The SMILES string of the molecule is Cl.NCCCCNC(=O)c1ccc(S(=O)(=O)C(F)F)cc1. The van der Waals surface area contributed by atoms with Crippen LogP contribution in [0, 0.1) is 0 Å². The zero-order valence-corrected chi connectivity index (χ0v) is 12.7. The monoisotopic (exact) mass is 342 g/mol. The molecule has 1 rings (SSSR count). The maximum Gasteiger partial charge on any atom is 0.341 e. The van der Waals surface area contributed by atoms with E-state index >= 15 is 0 Å². The lowest BCUT2D eigenvalue weighted by Crippen LogP contribution is -2.25. The number of unbranched alkanes of at least 4 members (excludes halogenated alkanes) is 1. The lowest BCUT2D eigenvalue weighted by molar-refractivity contribution is 0.0953. The van der Waals surface area contributed by atoms with Crippen molar-refractivity contribution in [2.75, 3.05) is 13.1 Å². The number of hydrogen-bond donors (Lipinski definition) is 2. The molecule has 0 atom stereocenters. The summed E-state index contributed by atoms with van der Waals surface area (Å²) in [5.41, 5.74) is 5.52. The molecule has 0 saturated carbocycles. The number of amides is 1. The smallest absolute Gasteiger partial charge is 0.341 e. The minimum Gasteiger partial charge on any atom is -0.352 e. The van der Waals surface area contributed by atoms with E-state index in [-0.39, 0.29) is 23.9 Å². The number of nitrogens with two attached hydrogens (primary N) is 1. The fourth-order valence-electron chi connectivity index (χ4n) is 1.47. The van der Waals surface area contributed by atoms with Gasteiger partial charge in [0.25, 0.3) is 5.91 Å². The minimum atomic E-state index is -4.62. The van der Waals surface area contributed by atoms with Crippen LogP contribution >= 0.6 is 12.4 Å². The van der Waals surface area contributed by atoms with Gasteiger partial charge in [0, 0.05) is 12.1 Å². The summed E-state index contributed by atoms with van der Waals surface area (Å²) < 4.78 is 47.0. The molecule has 0 aliphatic carbocycles. The lowest BCUT2D eigenvalue weighted by atomic mass is 10.2. The topological polar surface area (TPSA) is 89.3 Å². The molecule has 0 aromatic heterocycles. The average Bonchev–Trinajstić information content (AvgIpc) is 2.43. The number of benzene rings is 1. The highest BCUT2D eigenvalue weighted by Crippen LogP contribution is 2.18. The van der Waals surface area contributed by atoms with Crippen molar-refractivity contribution in [1.82, 2.24) is 5.32 Å². The normalized spacial score (nSPS) is 11.0. The molecule has 0 saturated heterocycles. The van der Waals surface area contributed by atoms with E-state index < -0.39 is 20.5 Å². The third-order valence-electron chi connectivity index (χ3n) is 2.60. The summed E-state index contributed by atoms with van der Waals surface area (Å²) in [7, 11) is -4.62. The predicted molar refractivity (Wildman–Crippen MR) is 77.5 cm³/mol. The number of rotatable bonds is 7. The van der Waals surface area contributed by atoms with Gasteiger partial charge in [0.1, 0.15) is 0 Å². The highest BCUT2D eigenvalue weighted by Gasteiger charge is 2.26. The van der Waals surface area contributed by atoms with Crippen LogP contribution in [-0.4, -0.2) is 33.2 Å². The number of nitrogens with one attached hydrogen (secondary N) is 1. The third kappa shape index (κ3) is 5.56. The quantitative estimate of drug-likeness (QED) is 0.736. The molecule has 5 nitrogen and oxygen atoms in total. The van der Waals surface area contributed by atoms with Crippen LogP contribution in [0.2, 0.25) is 0 Å². The van der Waals surface area contributed by atoms with Gasteiger partial charge < -0.3 is 11.1 Å². The highest BCUT2D eigenvalue weighted by atomic mass is 35.5. The van der Waals surface area contributed by atoms with Crippen molar-refractivity contribution >= 4 is 28.2 Å². The molecule has 1 amide bonds. The van der Waals surface area contributed by atoms with Crippen molar-refractivity contribution in [3.05, 3.63) is 29.8 Å². The second-order valence-electron chi connectivity index (χ2n) is 4.08. The Bertz CT molecular complexity index is 550. The Kier molecular flexibility index (Phi) is 8.38. The van der Waals surface area contributed by atoms with Crippen LogP contribution in [0.25, 0.3) is 0 Å². The summed E-state index contributed by atoms with van der Waals surface area (Å²) in [6.45, 7) is 0.989. The van der Waals surface area contributed by atoms with Gasteiger partial charge >= 0.3 is 5.76 Å². The summed E-state index contributed by atoms with van der Waals surface area (Å²) in [4.78, 5) is 11.2. The van der Waals surface area contributed by atoms with Crippen LogP contribution in [0.3, 0.4) is 0 Å². The Morgan fingerprint density at radius 1 is 1.19 bits per heavy atom. The summed E-state index contributed by atoms with van der Waals surface area (Å²) in [6, 6.07) is 4.40. The molecule has 0 spiro atoms. The van der Waals surface area contributed by atoms with Gasteiger partial charge in [-0.15, -0.1) is 12.4 Å². The van der Waals surface area contributed by atoms with Crippen LogP contribution in [0.4, 0.5) is 8.78 Å². The molecule has 120 valence electrons. The first kappa shape index (κ1) is 19.8. The Balaban J connectivity index is 0.00000400. The van der Waals surface area contributed by atoms with Crippen molar-refractivity contribution in [3.8, 4) is 0 Å². The van der Waals surface area contributed by atoms with Gasteiger partial charge in [0.15, 0.2) is 0 Å². The highest BCUT2D eigenvalue weighted by molar-refractivity contribution is 7.91. The maximum atomic E-state index is 12.3. The van der Waals surface area contributed by atoms with Crippen LogP contribution in [0.5, 0.6) is 0 Å². The van der Waals surface area contributed by atoms with E-state index in [0.717, 1.165) is 25.0 Å². The number of alkyl halides is 2. The molecule has 0 heterocycles. The van der Waals surface area contributed by atoms with Crippen molar-refractivity contribution in [1.29, 1.82) is 0 Å². The van der Waals surface area contributed by atoms with Crippen LogP contribution in [-0.2, 0) is 9.84 Å². The summed E-state index contributed by atoms with van der Waals surface area (Å²) in [5.74, 6) is -3.86. The molecule has 0 bridgehead atoms. The molecule has 1 aromatic carbocycles. The van der Waals surface area contributed by atoms with E-state index in [0.29, 0.717) is 13.1 Å². The first-order chi connectivity index (χ1) is 9.39. The summed E-state index contributed by atoms with van der Waals surface area (Å²) >= 11 is 0. The first-order valence-electron chi connectivity index (χ1n) is 6.00. The second kappa shape index (κ2) is 8.91. The molecule has 3 N–H and O–H groups in total. The van der Waals surface area contributed by atoms with Crippen molar-refractivity contribution < 1.29 is 22.0 Å². The summed E-state index contributed by atoms with van der Waals surface area (Å²) in [5, 5.41) is 2.62. The van der Waals surface area contributed by atoms with Gasteiger partial charge in [-0.05, 0) is 43.7 Å². The van der Waals surface area contributed by atoms with Gasteiger partial charge in [0.2, 0.25) is 9.84 Å². The molecular formula is C12H17ClF2N2O3S. The van der Waals surface area contributed by atoms with Crippen molar-refractivity contribution in [2.45, 2.75) is 23.5 Å². The predicted octanol–water partition coefficient (Wildman–Crippen LogP) is 1.57. The van der Waals surface area contributed by atoms with E-state index in [9.17, 15) is 22.0 Å². The Labute approximate surface area is 128 Å². The molecule has 1 aromatic rings. The number of carbonyl (C=O) groups excluding carboxylic acids is 1. The lowest BCUT2D eigenvalue weighted by Gasteiger charge is -2.06. The van der Waals surface area contributed by atoms with Gasteiger partial charge in [0.05, 0.1) is 4.90 Å². The molecule has 0 radical (unpaired) electrons. The second-order valence-corrected chi connectivity index (χ2v) is 6.00. The molecule has 9 heteroatoms. The Morgan fingerprint density at radius 3 is 2.24 bits per heavy atom. The number of sulfone groups is 1. The van der Waals surface area contributed by atoms with Crippen molar-refractivity contribution in [2.24, 2.45) is 5.73 Å². The molecule has 21 heavy (non-hydrogen) atoms. The fraction of sp³-hybridized carbons (Fsp3) is 0.417. The van der Waals surface area contributed by atoms with E-state index in [1.165, 1.54) is 12.1 Å². The number of halogens is 3. The van der Waals surface area contributed by atoms with Crippen molar-refractivity contribution in [3.63, 3.8) is 0 Å². The maximum absolute atomic E-state index is 12.3. The molecule has 0 aliphatic rings. The van der Waals surface area contributed by atoms with Gasteiger partial charge in [-0.25, -0.2) is 8.42 Å². The standard InChI is InChI=1S/C12H16F2N2O3S.ClH/c13-12(14)20(18,19)10-5-3-9(4-6-10)11(17)16-8-2-1-7-15;/h3-6,12H,1-2,7-8,15H2,(H,16,17);1H. The number of carbonyl (C=O) groups is 1. The third-order valence-corrected chi connectivity index (χ3v) is 3.99. The number of hydrogen-bond acceptors (Lipinski definition) is 4. The molecule has 0 fully saturated rings. The minimum absolute atomic E-state index is 0. The average molecular weight is 343 g/mol. The fourth-order valence-corrected chi connectivity index (χ4v) is 2.19.